The lowest BCUT2D eigenvalue weighted by atomic mass is 9.85. The average Bonchev–Trinajstić information content (AvgIpc) is 2.76. The monoisotopic (exact) mass is 272 g/mol. The van der Waals surface area contributed by atoms with E-state index in [1.165, 1.54) is 19.3 Å². The van der Waals surface area contributed by atoms with Gasteiger partial charge >= 0.3 is 0 Å². The minimum atomic E-state index is 0.0254. The van der Waals surface area contributed by atoms with E-state index in [-0.39, 0.29) is 5.91 Å². The highest BCUT2D eigenvalue weighted by Gasteiger charge is 2.22. The molecule has 0 saturated heterocycles. The van der Waals surface area contributed by atoms with E-state index in [4.69, 9.17) is 0 Å². The second kappa shape index (κ2) is 5.63. The van der Waals surface area contributed by atoms with Crippen LogP contribution in [0.5, 0.6) is 0 Å². The Kier molecular flexibility index (Phi) is 3.69. The third kappa shape index (κ3) is 2.67. The van der Waals surface area contributed by atoms with E-state index in [0.29, 0.717) is 18.9 Å². The normalized spacial score (nSPS) is 15.2. The zero-order valence-electron chi connectivity index (χ0n) is 11.7. The van der Waals surface area contributed by atoms with Crippen molar-refractivity contribution < 1.29 is 4.79 Å². The molecule has 20 heavy (non-hydrogen) atoms. The molecule has 1 aliphatic rings. The van der Waals surface area contributed by atoms with Crippen LogP contribution in [0, 0.1) is 0 Å². The number of aromatic amines is 1. The van der Waals surface area contributed by atoms with Gasteiger partial charge in [-0.1, -0.05) is 6.42 Å². The number of carbonyl (C=O) groups excluding carboxylic acids is 1. The molecule has 0 bridgehead atoms. The Morgan fingerprint density at radius 2 is 2.30 bits per heavy atom. The highest BCUT2D eigenvalue weighted by Crippen LogP contribution is 2.35. The summed E-state index contributed by atoms with van der Waals surface area (Å²) in [6.07, 6.45) is 4.24. The van der Waals surface area contributed by atoms with Gasteiger partial charge in [0.25, 0.3) is 0 Å². The van der Waals surface area contributed by atoms with Crippen molar-refractivity contribution in [3.63, 3.8) is 0 Å². The molecule has 5 nitrogen and oxygen atoms in total. The van der Waals surface area contributed by atoms with E-state index in [9.17, 15) is 4.79 Å². The zero-order valence-corrected chi connectivity index (χ0v) is 11.7. The van der Waals surface area contributed by atoms with Gasteiger partial charge in [-0.05, 0) is 38.1 Å². The number of anilines is 1. The fraction of sp³-hybridized carbons (Fsp3) is 0.467. The summed E-state index contributed by atoms with van der Waals surface area (Å²) in [5.41, 5.74) is 2.79. The molecule has 2 aromatic rings. The average molecular weight is 272 g/mol. The van der Waals surface area contributed by atoms with Crippen LogP contribution in [0.1, 0.15) is 37.4 Å². The number of imidazole rings is 1. The summed E-state index contributed by atoms with van der Waals surface area (Å²) in [7, 11) is 1.84. The van der Waals surface area contributed by atoms with Gasteiger partial charge in [0.15, 0.2) is 0 Å². The third-order valence-electron chi connectivity index (χ3n) is 3.88. The van der Waals surface area contributed by atoms with Crippen LogP contribution in [0.3, 0.4) is 0 Å². The maximum atomic E-state index is 11.7. The predicted molar refractivity (Wildman–Crippen MR) is 79.9 cm³/mol. The number of amides is 1. The van der Waals surface area contributed by atoms with Gasteiger partial charge in [-0.2, -0.15) is 0 Å². The minimum Gasteiger partial charge on any atom is -0.342 e. The lowest BCUT2D eigenvalue weighted by Crippen LogP contribution is -2.18. The number of nitrogens with zero attached hydrogens (tertiary/aromatic N) is 1. The van der Waals surface area contributed by atoms with E-state index in [1.54, 1.807) is 0 Å². The standard InChI is InChI=1S/C15H20N4O/c1-16-8-7-14(20)17-11-5-6-12-13(9-11)19-15(18-12)10-3-2-4-10/h5-6,9-10,16H,2-4,7-8H2,1H3,(H,17,20)(H,18,19). The summed E-state index contributed by atoms with van der Waals surface area (Å²) in [4.78, 5) is 19.7. The van der Waals surface area contributed by atoms with Crippen LogP contribution in [0.2, 0.25) is 0 Å². The molecule has 1 saturated carbocycles. The summed E-state index contributed by atoms with van der Waals surface area (Å²) >= 11 is 0. The molecule has 3 rings (SSSR count). The van der Waals surface area contributed by atoms with Gasteiger partial charge in [-0.25, -0.2) is 4.98 Å². The Balaban J connectivity index is 1.74. The molecule has 5 heteroatoms. The predicted octanol–water partition coefficient (Wildman–Crippen LogP) is 2.38. The number of nitrogens with one attached hydrogen (secondary N) is 3. The van der Waals surface area contributed by atoms with Gasteiger partial charge in [0.1, 0.15) is 5.82 Å². The second-order valence-electron chi connectivity index (χ2n) is 5.38. The Morgan fingerprint density at radius 3 is 3.00 bits per heavy atom. The first kappa shape index (κ1) is 13.1. The summed E-state index contributed by atoms with van der Waals surface area (Å²) in [6.45, 7) is 0.684. The topological polar surface area (TPSA) is 69.8 Å². The lowest BCUT2D eigenvalue weighted by molar-refractivity contribution is -0.116. The summed E-state index contributed by atoms with van der Waals surface area (Å²) in [5.74, 6) is 1.71. The highest BCUT2D eigenvalue weighted by molar-refractivity contribution is 5.93. The van der Waals surface area contributed by atoms with Crippen molar-refractivity contribution in [2.45, 2.75) is 31.6 Å². The van der Waals surface area contributed by atoms with Crippen molar-refractivity contribution in [2.75, 3.05) is 18.9 Å². The molecule has 0 aliphatic heterocycles. The van der Waals surface area contributed by atoms with Crippen molar-refractivity contribution in [3.8, 4) is 0 Å². The van der Waals surface area contributed by atoms with Crippen LogP contribution in [0.25, 0.3) is 11.0 Å². The second-order valence-corrected chi connectivity index (χ2v) is 5.38. The van der Waals surface area contributed by atoms with E-state index in [2.05, 4.69) is 20.6 Å². The number of rotatable bonds is 5. The van der Waals surface area contributed by atoms with Crippen LogP contribution in [-0.4, -0.2) is 29.5 Å². The molecule has 1 amide bonds. The van der Waals surface area contributed by atoms with Crippen LogP contribution in [0.15, 0.2) is 18.2 Å². The molecule has 0 unspecified atom stereocenters. The molecule has 0 spiro atoms. The number of carbonyl (C=O) groups is 1. The van der Waals surface area contributed by atoms with Crippen molar-refractivity contribution in [3.05, 3.63) is 24.0 Å². The number of hydrogen-bond donors (Lipinski definition) is 3. The minimum absolute atomic E-state index is 0.0254. The molecular formula is C15H20N4O. The SMILES string of the molecule is CNCCC(=O)Nc1ccc2nc(C3CCC3)[nH]c2c1. The van der Waals surface area contributed by atoms with Crippen LogP contribution in [0.4, 0.5) is 5.69 Å². The summed E-state index contributed by atoms with van der Waals surface area (Å²) < 4.78 is 0. The van der Waals surface area contributed by atoms with Gasteiger partial charge in [0.2, 0.25) is 5.91 Å². The summed E-state index contributed by atoms with van der Waals surface area (Å²) in [5, 5.41) is 5.87. The summed E-state index contributed by atoms with van der Waals surface area (Å²) in [6, 6.07) is 5.83. The maximum Gasteiger partial charge on any atom is 0.225 e. The number of aromatic nitrogens is 2. The molecule has 0 radical (unpaired) electrons. The molecule has 3 N–H and O–H groups in total. The molecular weight excluding hydrogens is 252 g/mol. The molecule has 1 aromatic heterocycles. The third-order valence-corrected chi connectivity index (χ3v) is 3.88. The number of fused-ring (bicyclic) bond motifs is 1. The fourth-order valence-electron chi connectivity index (χ4n) is 2.44. The smallest absolute Gasteiger partial charge is 0.225 e. The first-order valence-corrected chi connectivity index (χ1v) is 7.20. The molecule has 1 heterocycles. The number of H-pyrrole nitrogens is 1. The molecule has 106 valence electrons. The molecule has 0 atom stereocenters. The Bertz CT molecular complexity index is 615. The van der Waals surface area contributed by atoms with Gasteiger partial charge in [-0.15, -0.1) is 0 Å². The van der Waals surface area contributed by atoms with E-state index in [0.717, 1.165) is 22.5 Å². The van der Waals surface area contributed by atoms with Crippen LogP contribution < -0.4 is 10.6 Å². The molecule has 1 aliphatic carbocycles. The number of hydrogen-bond acceptors (Lipinski definition) is 3. The first-order chi connectivity index (χ1) is 9.76. The number of benzene rings is 1. The largest absolute Gasteiger partial charge is 0.342 e. The van der Waals surface area contributed by atoms with Crippen molar-refractivity contribution in [1.29, 1.82) is 0 Å². The van der Waals surface area contributed by atoms with Gasteiger partial charge in [0.05, 0.1) is 11.0 Å². The fourth-order valence-corrected chi connectivity index (χ4v) is 2.44. The zero-order chi connectivity index (χ0) is 13.9. The van der Waals surface area contributed by atoms with Gasteiger partial charge in [-0.3, -0.25) is 4.79 Å². The lowest BCUT2D eigenvalue weighted by Gasteiger charge is -2.22. The maximum absolute atomic E-state index is 11.7. The Labute approximate surface area is 118 Å². The Morgan fingerprint density at radius 1 is 1.45 bits per heavy atom. The van der Waals surface area contributed by atoms with Crippen molar-refractivity contribution in [1.82, 2.24) is 15.3 Å². The van der Waals surface area contributed by atoms with Crippen molar-refractivity contribution >= 4 is 22.6 Å². The van der Waals surface area contributed by atoms with E-state index >= 15 is 0 Å². The molecule has 1 aromatic carbocycles. The van der Waals surface area contributed by atoms with E-state index in [1.807, 2.05) is 25.2 Å². The first-order valence-electron chi connectivity index (χ1n) is 7.20. The molecule has 1 fully saturated rings. The van der Waals surface area contributed by atoms with Crippen LogP contribution >= 0.6 is 0 Å². The van der Waals surface area contributed by atoms with Gasteiger partial charge in [0, 0.05) is 24.6 Å². The quantitative estimate of drug-likeness (QED) is 0.782. The van der Waals surface area contributed by atoms with Gasteiger partial charge < -0.3 is 15.6 Å². The highest BCUT2D eigenvalue weighted by atomic mass is 16.1. The Hall–Kier alpha value is -1.88. The van der Waals surface area contributed by atoms with Crippen molar-refractivity contribution in [2.24, 2.45) is 0 Å². The van der Waals surface area contributed by atoms with E-state index < -0.39 is 0 Å². The van der Waals surface area contributed by atoms with Crippen LogP contribution in [-0.2, 0) is 4.79 Å².